The van der Waals surface area contributed by atoms with Crippen molar-refractivity contribution in [2.75, 3.05) is 5.32 Å². The second-order valence-electron chi connectivity index (χ2n) is 5.91. The van der Waals surface area contributed by atoms with Gasteiger partial charge in [0.15, 0.2) is 5.96 Å². The van der Waals surface area contributed by atoms with E-state index in [1.54, 1.807) is 11.3 Å². The predicted octanol–water partition coefficient (Wildman–Crippen LogP) is 4.78. The molecule has 0 spiro atoms. The smallest absolute Gasteiger partial charge is 0.193 e. The molecule has 0 atom stereocenters. The second kappa shape index (κ2) is 10.3. The minimum absolute atomic E-state index is 0. The first kappa shape index (κ1) is 20.4. The molecule has 0 aliphatic rings. The largest absolute Gasteiger partial charge is 0.370 e. The van der Waals surface area contributed by atoms with E-state index in [4.69, 9.17) is 5.73 Å². The van der Waals surface area contributed by atoms with Crippen LogP contribution in [0, 0.1) is 6.92 Å². The minimum Gasteiger partial charge on any atom is -0.370 e. The molecule has 1 aromatic heterocycles. The third kappa shape index (κ3) is 6.42. The average Bonchev–Trinajstić information content (AvgIpc) is 3.07. The number of nitrogens with two attached hydrogens (primary N) is 1. The van der Waals surface area contributed by atoms with Crippen LogP contribution in [0.25, 0.3) is 0 Å². The number of hydrogen-bond acceptors (Lipinski definition) is 3. The molecular weight excluding hydrogens is 455 g/mol. The molecule has 0 unspecified atom stereocenters. The van der Waals surface area contributed by atoms with Crippen LogP contribution in [0.4, 0.5) is 5.69 Å². The molecule has 4 nitrogen and oxygen atoms in total. The number of halogens is 1. The predicted molar refractivity (Wildman–Crippen MR) is 122 cm³/mol. The van der Waals surface area contributed by atoms with Crippen LogP contribution in [0.5, 0.6) is 0 Å². The van der Waals surface area contributed by atoms with Gasteiger partial charge in [-0.15, -0.1) is 35.3 Å². The van der Waals surface area contributed by atoms with E-state index in [1.807, 2.05) is 37.3 Å². The molecule has 0 aliphatic heterocycles. The standard InChI is InChI=1S/C20H22N4S.HI/c1-15-6-5-9-17(12-15)24-20(21)22-13-18-14-25-19(23-18)11-10-16-7-3-2-4-8-16;/h2-9,12,14H,10-11,13H2,1H3,(H3,21,22,24);1H. The maximum absolute atomic E-state index is 5.96. The molecule has 0 saturated carbocycles. The van der Waals surface area contributed by atoms with Gasteiger partial charge in [-0.05, 0) is 36.6 Å². The molecule has 26 heavy (non-hydrogen) atoms. The quantitative estimate of drug-likeness (QED) is 0.305. The van der Waals surface area contributed by atoms with Crippen molar-refractivity contribution >= 4 is 47.0 Å². The number of anilines is 1. The fraction of sp³-hybridized carbons (Fsp3) is 0.200. The molecule has 3 aromatic rings. The zero-order valence-electron chi connectivity index (χ0n) is 14.7. The highest BCUT2D eigenvalue weighted by atomic mass is 127. The molecule has 1 heterocycles. The summed E-state index contributed by atoms with van der Waals surface area (Å²) in [7, 11) is 0. The number of hydrogen-bond donors (Lipinski definition) is 2. The Kier molecular flexibility index (Phi) is 8.06. The first-order valence-electron chi connectivity index (χ1n) is 8.30. The number of nitrogens with one attached hydrogen (secondary N) is 1. The summed E-state index contributed by atoms with van der Waals surface area (Å²) in [4.78, 5) is 9.02. The molecular formula is C20H23IN4S. The Labute approximate surface area is 175 Å². The van der Waals surface area contributed by atoms with Gasteiger partial charge in [0, 0.05) is 17.5 Å². The van der Waals surface area contributed by atoms with E-state index in [0.717, 1.165) is 29.2 Å². The van der Waals surface area contributed by atoms with Crippen LogP contribution in [0.1, 0.15) is 21.8 Å². The van der Waals surface area contributed by atoms with Crippen molar-refractivity contribution in [1.82, 2.24) is 4.98 Å². The third-order valence-electron chi connectivity index (χ3n) is 3.77. The van der Waals surface area contributed by atoms with E-state index in [1.165, 1.54) is 11.1 Å². The van der Waals surface area contributed by atoms with Crippen LogP contribution >= 0.6 is 35.3 Å². The van der Waals surface area contributed by atoms with Crippen molar-refractivity contribution in [1.29, 1.82) is 0 Å². The monoisotopic (exact) mass is 478 g/mol. The lowest BCUT2D eigenvalue weighted by molar-refractivity contribution is 0.913. The number of aromatic nitrogens is 1. The van der Waals surface area contributed by atoms with E-state index < -0.39 is 0 Å². The Morgan fingerprint density at radius 3 is 2.69 bits per heavy atom. The molecule has 3 N–H and O–H groups in total. The van der Waals surface area contributed by atoms with Gasteiger partial charge in [-0.1, -0.05) is 42.5 Å². The van der Waals surface area contributed by atoms with Crippen LogP contribution < -0.4 is 11.1 Å². The molecule has 136 valence electrons. The fourth-order valence-corrected chi connectivity index (χ4v) is 3.30. The van der Waals surface area contributed by atoms with Gasteiger partial charge < -0.3 is 11.1 Å². The van der Waals surface area contributed by atoms with Gasteiger partial charge in [-0.2, -0.15) is 0 Å². The highest BCUT2D eigenvalue weighted by Gasteiger charge is 2.03. The number of aliphatic imine (C=N–C) groups is 1. The normalized spacial score (nSPS) is 11.0. The molecule has 0 amide bonds. The number of benzene rings is 2. The molecule has 0 fully saturated rings. The summed E-state index contributed by atoms with van der Waals surface area (Å²) in [6.07, 6.45) is 1.96. The zero-order chi connectivity index (χ0) is 17.5. The van der Waals surface area contributed by atoms with Crippen LogP contribution in [0.2, 0.25) is 0 Å². The van der Waals surface area contributed by atoms with E-state index in [-0.39, 0.29) is 24.0 Å². The van der Waals surface area contributed by atoms with Crippen molar-refractivity contribution in [2.24, 2.45) is 10.7 Å². The lowest BCUT2D eigenvalue weighted by atomic mass is 10.1. The summed E-state index contributed by atoms with van der Waals surface area (Å²) in [5, 5.41) is 6.31. The highest BCUT2D eigenvalue weighted by Crippen LogP contribution is 2.14. The molecule has 3 rings (SSSR count). The number of guanidine groups is 1. The summed E-state index contributed by atoms with van der Waals surface area (Å²) in [6, 6.07) is 18.5. The number of rotatable bonds is 6. The Morgan fingerprint density at radius 2 is 1.92 bits per heavy atom. The van der Waals surface area contributed by atoms with Gasteiger partial charge >= 0.3 is 0 Å². The van der Waals surface area contributed by atoms with Crippen molar-refractivity contribution in [3.63, 3.8) is 0 Å². The fourth-order valence-electron chi connectivity index (χ4n) is 2.51. The highest BCUT2D eigenvalue weighted by molar-refractivity contribution is 14.0. The van der Waals surface area contributed by atoms with Crippen LogP contribution in [-0.4, -0.2) is 10.9 Å². The SMILES string of the molecule is Cc1cccc(NC(N)=NCc2csc(CCc3ccccc3)n2)c1.I. The summed E-state index contributed by atoms with van der Waals surface area (Å²) in [5.41, 5.74) is 10.4. The van der Waals surface area contributed by atoms with Gasteiger partial charge in [-0.3, -0.25) is 0 Å². The van der Waals surface area contributed by atoms with E-state index in [0.29, 0.717) is 12.5 Å². The van der Waals surface area contributed by atoms with Gasteiger partial charge in [0.2, 0.25) is 0 Å². The first-order chi connectivity index (χ1) is 12.2. The van der Waals surface area contributed by atoms with Crippen molar-refractivity contribution in [3.05, 3.63) is 81.8 Å². The maximum Gasteiger partial charge on any atom is 0.193 e. The van der Waals surface area contributed by atoms with Gasteiger partial charge in [-0.25, -0.2) is 9.98 Å². The summed E-state index contributed by atoms with van der Waals surface area (Å²) >= 11 is 1.68. The summed E-state index contributed by atoms with van der Waals surface area (Å²) in [6.45, 7) is 2.54. The van der Waals surface area contributed by atoms with Crippen molar-refractivity contribution in [2.45, 2.75) is 26.3 Å². The Balaban J connectivity index is 0.00000243. The lowest BCUT2D eigenvalue weighted by Crippen LogP contribution is -2.22. The minimum atomic E-state index is 0. The molecule has 2 aromatic carbocycles. The summed E-state index contributed by atoms with van der Waals surface area (Å²) in [5.74, 6) is 0.407. The molecule has 0 saturated heterocycles. The first-order valence-corrected chi connectivity index (χ1v) is 9.18. The second-order valence-corrected chi connectivity index (χ2v) is 6.86. The molecule has 6 heteroatoms. The number of thiazole rings is 1. The summed E-state index contributed by atoms with van der Waals surface area (Å²) < 4.78 is 0. The molecule has 0 radical (unpaired) electrons. The van der Waals surface area contributed by atoms with E-state index in [9.17, 15) is 0 Å². The van der Waals surface area contributed by atoms with E-state index in [2.05, 4.69) is 44.9 Å². The Bertz CT molecular complexity index is 846. The maximum atomic E-state index is 5.96. The van der Waals surface area contributed by atoms with E-state index >= 15 is 0 Å². The van der Waals surface area contributed by atoms with Crippen molar-refractivity contribution in [3.8, 4) is 0 Å². The third-order valence-corrected chi connectivity index (χ3v) is 4.73. The topological polar surface area (TPSA) is 63.3 Å². The van der Waals surface area contributed by atoms with Gasteiger partial charge in [0.05, 0.1) is 17.2 Å². The van der Waals surface area contributed by atoms with Crippen LogP contribution in [0.15, 0.2) is 65.0 Å². The number of aryl methyl sites for hydroxylation is 3. The Hall–Kier alpha value is -1.93. The molecule has 0 bridgehead atoms. The van der Waals surface area contributed by atoms with Crippen LogP contribution in [0.3, 0.4) is 0 Å². The average molecular weight is 478 g/mol. The van der Waals surface area contributed by atoms with Gasteiger partial charge in [0.1, 0.15) is 0 Å². The van der Waals surface area contributed by atoms with Crippen LogP contribution in [-0.2, 0) is 19.4 Å². The van der Waals surface area contributed by atoms with Gasteiger partial charge in [0.25, 0.3) is 0 Å². The lowest BCUT2D eigenvalue weighted by Gasteiger charge is -2.05. The molecule has 0 aliphatic carbocycles. The zero-order valence-corrected chi connectivity index (χ0v) is 17.8. The Morgan fingerprint density at radius 1 is 1.12 bits per heavy atom. The van der Waals surface area contributed by atoms with Crippen molar-refractivity contribution < 1.29 is 0 Å². The number of nitrogens with zero attached hydrogens (tertiary/aromatic N) is 2.